The van der Waals surface area contributed by atoms with Gasteiger partial charge in [0.15, 0.2) is 0 Å². The maximum absolute atomic E-state index is 12.7. The monoisotopic (exact) mass is 351 g/mol. The van der Waals surface area contributed by atoms with Crippen molar-refractivity contribution in [2.75, 3.05) is 24.7 Å². The number of fused-ring (bicyclic) bond motifs is 1. The van der Waals surface area contributed by atoms with Crippen molar-refractivity contribution in [3.8, 4) is 5.75 Å². The molecule has 5 nitrogen and oxygen atoms in total. The molecule has 0 bridgehead atoms. The van der Waals surface area contributed by atoms with E-state index in [1.54, 1.807) is 19.2 Å². The average Bonchev–Trinajstić information content (AvgIpc) is 2.57. The minimum Gasteiger partial charge on any atom is -0.494 e. The molecule has 0 aromatic heterocycles. The summed E-state index contributed by atoms with van der Waals surface area (Å²) in [5.74, 6) is 0.624. The Kier molecular flexibility index (Phi) is 5.21. The molecule has 2 fully saturated rings. The van der Waals surface area contributed by atoms with Gasteiger partial charge < -0.3 is 15.8 Å². The van der Waals surface area contributed by atoms with E-state index < -0.39 is 0 Å². The third-order valence-corrected chi connectivity index (χ3v) is 5.76. The topological polar surface area (TPSA) is 67.6 Å². The minimum absolute atomic E-state index is 0.0394. The van der Waals surface area contributed by atoms with Crippen LogP contribution in [0.1, 0.15) is 39.0 Å². The molecule has 6 heteroatoms. The summed E-state index contributed by atoms with van der Waals surface area (Å²) in [7, 11) is 1.56. The van der Waals surface area contributed by atoms with Crippen LogP contribution in [0.3, 0.4) is 0 Å². The predicted octanol–water partition coefficient (Wildman–Crippen LogP) is 3.52. The van der Waals surface area contributed by atoms with Crippen LogP contribution in [-0.4, -0.2) is 36.5 Å². The summed E-state index contributed by atoms with van der Waals surface area (Å²) in [6, 6.07) is 4.48. The maximum atomic E-state index is 12.7. The van der Waals surface area contributed by atoms with E-state index in [0.29, 0.717) is 34.2 Å². The summed E-state index contributed by atoms with van der Waals surface area (Å²) < 4.78 is 5.31. The van der Waals surface area contributed by atoms with E-state index in [9.17, 15) is 4.79 Å². The van der Waals surface area contributed by atoms with Crippen LogP contribution >= 0.6 is 11.6 Å². The van der Waals surface area contributed by atoms with Crippen LogP contribution in [0.2, 0.25) is 5.02 Å². The molecule has 0 spiro atoms. The number of carbonyl (C=O) groups is 1. The SMILES string of the molecule is COc1cc(N)c(Cl)cc1NC(=O)C1CCN2C(C)CCCC2C1. The Labute approximate surface area is 148 Å². The van der Waals surface area contributed by atoms with E-state index in [2.05, 4.69) is 17.1 Å². The van der Waals surface area contributed by atoms with Gasteiger partial charge in [-0.3, -0.25) is 9.69 Å². The molecule has 0 saturated carbocycles. The number of nitrogens with one attached hydrogen (secondary N) is 1. The summed E-state index contributed by atoms with van der Waals surface area (Å²) in [5, 5.41) is 3.40. The Morgan fingerprint density at radius 2 is 2.17 bits per heavy atom. The highest BCUT2D eigenvalue weighted by Gasteiger charge is 2.36. The number of piperidine rings is 2. The van der Waals surface area contributed by atoms with Crippen molar-refractivity contribution >= 4 is 28.9 Å². The fourth-order valence-corrected chi connectivity index (χ4v) is 4.22. The molecule has 3 rings (SSSR count). The normalized spacial score (nSPS) is 27.4. The molecule has 24 heavy (non-hydrogen) atoms. The fourth-order valence-electron chi connectivity index (χ4n) is 4.06. The first-order chi connectivity index (χ1) is 11.5. The van der Waals surface area contributed by atoms with Crippen molar-refractivity contribution in [2.24, 2.45) is 5.92 Å². The van der Waals surface area contributed by atoms with Crippen LogP contribution in [0.4, 0.5) is 11.4 Å². The van der Waals surface area contributed by atoms with Crippen LogP contribution in [0.5, 0.6) is 5.75 Å². The van der Waals surface area contributed by atoms with Crippen molar-refractivity contribution in [1.29, 1.82) is 0 Å². The van der Waals surface area contributed by atoms with Crippen LogP contribution in [-0.2, 0) is 4.79 Å². The molecule has 132 valence electrons. The van der Waals surface area contributed by atoms with Crippen molar-refractivity contribution in [2.45, 2.75) is 51.1 Å². The van der Waals surface area contributed by atoms with Gasteiger partial charge in [-0.15, -0.1) is 0 Å². The molecule has 1 aromatic carbocycles. The van der Waals surface area contributed by atoms with Crippen molar-refractivity contribution in [3.05, 3.63) is 17.2 Å². The molecular formula is C18H26ClN3O2. The highest BCUT2D eigenvalue weighted by molar-refractivity contribution is 6.33. The highest BCUT2D eigenvalue weighted by Crippen LogP contribution is 2.36. The largest absolute Gasteiger partial charge is 0.494 e. The molecule has 3 atom stereocenters. The molecule has 2 aliphatic rings. The van der Waals surface area contributed by atoms with Gasteiger partial charge >= 0.3 is 0 Å². The van der Waals surface area contributed by atoms with Gasteiger partial charge in [0.25, 0.3) is 0 Å². The van der Waals surface area contributed by atoms with E-state index in [0.717, 1.165) is 19.4 Å². The first-order valence-electron chi connectivity index (χ1n) is 8.69. The van der Waals surface area contributed by atoms with E-state index in [4.69, 9.17) is 22.1 Å². The molecule has 3 unspecified atom stereocenters. The summed E-state index contributed by atoms with van der Waals surface area (Å²) in [6.07, 6.45) is 5.57. The second-order valence-electron chi connectivity index (χ2n) is 6.96. The van der Waals surface area contributed by atoms with Crippen molar-refractivity contribution in [1.82, 2.24) is 4.90 Å². The lowest BCUT2D eigenvalue weighted by Gasteiger charge is -2.45. The summed E-state index contributed by atoms with van der Waals surface area (Å²) >= 11 is 6.08. The standard InChI is InChI=1S/C18H26ClN3O2/c1-11-4-3-5-13-8-12(6-7-22(11)13)18(23)21-16-9-14(19)15(20)10-17(16)24-2/h9-13H,3-8,20H2,1-2H3,(H,21,23). The van der Waals surface area contributed by atoms with Crippen LogP contribution in [0.25, 0.3) is 0 Å². The summed E-state index contributed by atoms with van der Waals surface area (Å²) in [4.78, 5) is 15.3. The fraction of sp³-hybridized carbons (Fsp3) is 0.611. The van der Waals surface area contributed by atoms with Gasteiger partial charge in [0.1, 0.15) is 5.75 Å². The van der Waals surface area contributed by atoms with E-state index in [1.165, 1.54) is 19.3 Å². The number of ether oxygens (including phenoxy) is 1. The highest BCUT2D eigenvalue weighted by atomic mass is 35.5. The quantitative estimate of drug-likeness (QED) is 0.817. The second kappa shape index (κ2) is 7.19. The number of amides is 1. The van der Waals surface area contributed by atoms with Gasteiger partial charge in [0, 0.05) is 24.1 Å². The zero-order valence-corrected chi connectivity index (χ0v) is 15.1. The number of anilines is 2. The Morgan fingerprint density at radius 1 is 1.38 bits per heavy atom. The number of nitrogens with zero attached hydrogens (tertiary/aromatic N) is 1. The molecule has 0 aliphatic carbocycles. The lowest BCUT2D eigenvalue weighted by molar-refractivity contribution is -0.122. The maximum Gasteiger partial charge on any atom is 0.227 e. The van der Waals surface area contributed by atoms with Gasteiger partial charge in [-0.25, -0.2) is 0 Å². The minimum atomic E-state index is 0.0394. The molecule has 2 heterocycles. The molecule has 1 aromatic rings. The number of rotatable bonds is 3. The number of methoxy groups -OCH3 is 1. The zero-order valence-electron chi connectivity index (χ0n) is 14.3. The third-order valence-electron chi connectivity index (χ3n) is 5.43. The molecule has 3 N–H and O–H groups in total. The number of halogens is 1. The van der Waals surface area contributed by atoms with Gasteiger partial charge in [0.05, 0.1) is 23.5 Å². The number of nitrogens with two attached hydrogens (primary N) is 1. The van der Waals surface area contributed by atoms with Gasteiger partial charge in [-0.05, 0) is 45.2 Å². The smallest absolute Gasteiger partial charge is 0.227 e. The van der Waals surface area contributed by atoms with Crippen LogP contribution in [0, 0.1) is 5.92 Å². The van der Waals surface area contributed by atoms with Crippen LogP contribution in [0.15, 0.2) is 12.1 Å². The molecule has 2 aliphatic heterocycles. The molecule has 1 amide bonds. The lowest BCUT2D eigenvalue weighted by atomic mass is 9.83. The first-order valence-corrected chi connectivity index (χ1v) is 9.07. The third kappa shape index (κ3) is 3.47. The Bertz CT molecular complexity index is 623. The van der Waals surface area contributed by atoms with Crippen LogP contribution < -0.4 is 15.8 Å². The number of hydrogen-bond donors (Lipinski definition) is 2. The number of benzene rings is 1. The van der Waals surface area contributed by atoms with Gasteiger partial charge in [0.2, 0.25) is 5.91 Å². The number of nitrogen functional groups attached to an aromatic ring is 1. The zero-order chi connectivity index (χ0) is 17.3. The van der Waals surface area contributed by atoms with Crippen molar-refractivity contribution in [3.63, 3.8) is 0 Å². The predicted molar refractivity (Wildman–Crippen MR) is 97.6 cm³/mol. The summed E-state index contributed by atoms with van der Waals surface area (Å²) in [5.41, 5.74) is 6.82. The average molecular weight is 352 g/mol. The molecule has 2 saturated heterocycles. The molecular weight excluding hydrogens is 326 g/mol. The Hall–Kier alpha value is -1.46. The lowest BCUT2D eigenvalue weighted by Crippen LogP contribution is -2.51. The molecule has 0 radical (unpaired) electrons. The van der Waals surface area contributed by atoms with E-state index >= 15 is 0 Å². The van der Waals surface area contributed by atoms with E-state index in [1.807, 2.05) is 0 Å². The Balaban J connectivity index is 1.69. The van der Waals surface area contributed by atoms with Crippen molar-refractivity contribution < 1.29 is 9.53 Å². The number of carbonyl (C=O) groups excluding carboxylic acids is 1. The second-order valence-corrected chi connectivity index (χ2v) is 7.36. The summed E-state index contributed by atoms with van der Waals surface area (Å²) in [6.45, 7) is 3.30. The van der Waals surface area contributed by atoms with Gasteiger partial charge in [-0.2, -0.15) is 0 Å². The first kappa shape index (κ1) is 17.4. The van der Waals surface area contributed by atoms with Gasteiger partial charge in [-0.1, -0.05) is 18.0 Å². The Morgan fingerprint density at radius 3 is 2.92 bits per heavy atom. The van der Waals surface area contributed by atoms with E-state index in [-0.39, 0.29) is 11.8 Å². The number of hydrogen-bond acceptors (Lipinski definition) is 4.